The zero-order chi connectivity index (χ0) is 15.1. The van der Waals surface area contributed by atoms with Crippen molar-refractivity contribution >= 4 is 12.0 Å². The van der Waals surface area contributed by atoms with Crippen molar-refractivity contribution in [1.82, 2.24) is 10.6 Å². The number of amides is 2. The number of hydrogen-bond acceptors (Lipinski definition) is 3. The second-order valence-electron chi connectivity index (χ2n) is 5.64. The van der Waals surface area contributed by atoms with Gasteiger partial charge in [-0.3, -0.25) is 0 Å². The van der Waals surface area contributed by atoms with Gasteiger partial charge >= 0.3 is 12.0 Å². The molecule has 6 nitrogen and oxygen atoms in total. The highest BCUT2D eigenvalue weighted by Crippen LogP contribution is 2.24. The second-order valence-corrected chi connectivity index (χ2v) is 5.64. The van der Waals surface area contributed by atoms with Crippen molar-refractivity contribution in [2.24, 2.45) is 11.3 Å². The molecule has 0 aliphatic heterocycles. The van der Waals surface area contributed by atoms with Crippen LogP contribution >= 0.6 is 0 Å². The summed E-state index contributed by atoms with van der Waals surface area (Å²) >= 11 is 0. The number of carbonyl (C=O) groups excluding carboxylic acids is 1. The molecule has 3 N–H and O–H groups in total. The molecule has 6 heteroatoms. The Hall–Kier alpha value is -1.30. The summed E-state index contributed by atoms with van der Waals surface area (Å²) < 4.78 is 4.81. The van der Waals surface area contributed by atoms with Crippen molar-refractivity contribution in [3.8, 4) is 0 Å². The molecule has 112 valence electrons. The third-order valence-corrected chi connectivity index (χ3v) is 3.48. The molecule has 0 aromatic carbocycles. The Kier molecular flexibility index (Phi) is 7.44. The number of carbonyl (C=O) groups is 2. The molecule has 2 amide bonds. The van der Waals surface area contributed by atoms with Gasteiger partial charge in [-0.15, -0.1) is 0 Å². The van der Waals surface area contributed by atoms with E-state index in [1.165, 1.54) is 7.11 Å². The molecule has 19 heavy (non-hydrogen) atoms. The second kappa shape index (κ2) is 7.99. The third kappa shape index (κ3) is 7.00. The maximum atomic E-state index is 11.7. The van der Waals surface area contributed by atoms with Gasteiger partial charge in [0.15, 0.2) is 0 Å². The minimum Gasteiger partial charge on any atom is -0.480 e. The zero-order valence-corrected chi connectivity index (χ0v) is 12.4. The van der Waals surface area contributed by atoms with E-state index < -0.39 is 18.0 Å². The highest BCUT2D eigenvalue weighted by Gasteiger charge is 2.24. The molecule has 0 aromatic rings. The van der Waals surface area contributed by atoms with Crippen LogP contribution in [-0.2, 0) is 9.53 Å². The first kappa shape index (κ1) is 17.7. The van der Waals surface area contributed by atoms with Gasteiger partial charge in [0.1, 0.15) is 6.04 Å². The van der Waals surface area contributed by atoms with Crippen LogP contribution in [0.3, 0.4) is 0 Å². The molecule has 1 unspecified atom stereocenters. The number of hydrogen-bond donors (Lipinski definition) is 3. The average Bonchev–Trinajstić information content (AvgIpc) is 2.31. The van der Waals surface area contributed by atoms with Gasteiger partial charge < -0.3 is 20.5 Å². The van der Waals surface area contributed by atoms with Crippen molar-refractivity contribution < 1.29 is 19.4 Å². The monoisotopic (exact) mass is 274 g/mol. The molecule has 0 aliphatic rings. The van der Waals surface area contributed by atoms with Gasteiger partial charge in [0.2, 0.25) is 0 Å². The topological polar surface area (TPSA) is 87.7 Å². The Bertz CT molecular complexity index is 303. The molecule has 0 saturated heterocycles. The van der Waals surface area contributed by atoms with Crippen molar-refractivity contribution in [3.63, 3.8) is 0 Å². The molecule has 0 aliphatic carbocycles. The third-order valence-electron chi connectivity index (χ3n) is 3.48. The Morgan fingerprint density at radius 1 is 1.32 bits per heavy atom. The number of aliphatic carboxylic acids is 1. The van der Waals surface area contributed by atoms with Gasteiger partial charge in [0, 0.05) is 26.7 Å². The Balaban J connectivity index is 4.24. The minimum absolute atomic E-state index is 0.0391. The number of nitrogens with one attached hydrogen (secondary N) is 2. The molecule has 1 atom stereocenters. The summed E-state index contributed by atoms with van der Waals surface area (Å²) in [7, 11) is 1.49. The molecular formula is C13H26N2O4. The predicted molar refractivity (Wildman–Crippen MR) is 73.1 cm³/mol. The Labute approximate surface area is 114 Å². The fraction of sp³-hybridized carbons (Fsp3) is 0.846. The van der Waals surface area contributed by atoms with Gasteiger partial charge in [-0.25, -0.2) is 9.59 Å². The lowest BCUT2D eigenvalue weighted by molar-refractivity contribution is -0.139. The fourth-order valence-corrected chi connectivity index (χ4v) is 1.21. The summed E-state index contributed by atoms with van der Waals surface area (Å²) in [5.41, 5.74) is -0.0391. The predicted octanol–water partition coefficient (Wildman–Crippen LogP) is 1.46. The molecule has 0 aromatic heterocycles. The first-order valence-corrected chi connectivity index (χ1v) is 6.46. The van der Waals surface area contributed by atoms with Crippen LogP contribution in [-0.4, -0.2) is 43.4 Å². The van der Waals surface area contributed by atoms with Crippen molar-refractivity contribution in [2.45, 2.75) is 40.2 Å². The van der Waals surface area contributed by atoms with Gasteiger partial charge in [0.25, 0.3) is 0 Å². The smallest absolute Gasteiger partial charge is 0.326 e. The van der Waals surface area contributed by atoms with E-state index >= 15 is 0 Å². The van der Waals surface area contributed by atoms with E-state index in [0.717, 1.165) is 0 Å². The molecule has 0 radical (unpaired) electrons. The fourth-order valence-electron chi connectivity index (χ4n) is 1.21. The molecule has 0 bridgehead atoms. The van der Waals surface area contributed by atoms with Gasteiger partial charge in [-0.05, 0) is 11.3 Å². The maximum Gasteiger partial charge on any atom is 0.326 e. The Morgan fingerprint density at radius 3 is 2.32 bits per heavy atom. The van der Waals surface area contributed by atoms with Gasteiger partial charge in [-0.2, -0.15) is 0 Å². The van der Waals surface area contributed by atoms with Crippen LogP contribution < -0.4 is 10.6 Å². The van der Waals surface area contributed by atoms with Crippen molar-refractivity contribution in [1.29, 1.82) is 0 Å². The van der Waals surface area contributed by atoms with Crippen LogP contribution in [0.1, 0.15) is 34.1 Å². The summed E-state index contributed by atoms with van der Waals surface area (Å²) in [4.78, 5) is 22.6. The quantitative estimate of drug-likeness (QED) is 0.625. The number of urea groups is 1. The highest BCUT2D eigenvalue weighted by molar-refractivity contribution is 5.82. The van der Waals surface area contributed by atoms with E-state index in [2.05, 4.69) is 38.3 Å². The van der Waals surface area contributed by atoms with Crippen LogP contribution in [0.2, 0.25) is 0 Å². The van der Waals surface area contributed by atoms with E-state index in [4.69, 9.17) is 9.84 Å². The summed E-state index contributed by atoms with van der Waals surface area (Å²) in [5, 5.41) is 14.1. The van der Waals surface area contributed by atoms with Crippen LogP contribution in [0.15, 0.2) is 0 Å². The number of carboxylic acids is 1. The van der Waals surface area contributed by atoms with Gasteiger partial charge in [0.05, 0.1) is 0 Å². The van der Waals surface area contributed by atoms with Crippen molar-refractivity contribution in [2.75, 3.05) is 20.3 Å². The Morgan fingerprint density at radius 2 is 1.89 bits per heavy atom. The first-order chi connectivity index (χ1) is 8.70. The van der Waals surface area contributed by atoms with Crippen molar-refractivity contribution in [3.05, 3.63) is 0 Å². The molecule has 0 spiro atoms. The minimum atomic E-state index is -1.06. The van der Waals surface area contributed by atoms with E-state index in [1.807, 2.05) is 0 Å². The lowest BCUT2D eigenvalue weighted by Gasteiger charge is -2.29. The average molecular weight is 274 g/mol. The first-order valence-electron chi connectivity index (χ1n) is 6.46. The van der Waals surface area contributed by atoms with Gasteiger partial charge in [-0.1, -0.05) is 27.7 Å². The summed E-state index contributed by atoms with van der Waals surface area (Å²) in [6.45, 7) is 9.05. The largest absolute Gasteiger partial charge is 0.480 e. The van der Waals surface area contributed by atoms with Crippen LogP contribution in [0.5, 0.6) is 0 Å². The standard InChI is InChI=1S/C13H26N2O4/c1-9(2)13(3,4)8-14-12(18)15-10(11(16)17)6-7-19-5/h9-10H,6-8H2,1-5H3,(H,16,17)(H2,14,15,18). The lowest BCUT2D eigenvalue weighted by atomic mass is 9.81. The molecule has 0 heterocycles. The molecule has 0 rings (SSSR count). The van der Waals surface area contributed by atoms with Crippen LogP contribution in [0.4, 0.5) is 4.79 Å². The SMILES string of the molecule is COCCC(NC(=O)NCC(C)(C)C(C)C)C(=O)O. The van der Waals surface area contributed by atoms with E-state index in [0.29, 0.717) is 12.5 Å². The number of carboxylic acid groups (broad SMARTS) is 1. The summed E-state index contributed by atoms with van der Waals surface area (Å²) in [5.74, 6) is -0.646. The van der Waals surface area contributed by atoms with Crippen LogP contribution in [0.25, 0.3) is 0 Å². The van der Waals surface area contributed by atoms with E-state index in [-0.39, 0.29) is 18.4 Å². The van der Waals surface area contributed by atoms with Crippen LogP contribution in [0, 0.1) is 11.3 Å². The lowest BCUT2D eigenvalue weighted by Crippen LogP contribution is -2.49. The molecule has 0 fully saturated rings. The van der Waals surface area contributed by atoms with E-state index in [9.17, 15) is 9.59 Å². The molecule has 0 saturated carbocycles. The van der Waals surface area contributed by atoms with E-state index in [1.54, 1.807) is 0 Å². The summed E-state index contributed by atoms with van der Waals surface area (Å²) in [6.07, 6.45) is 0.243. The number of ether oxygens (including phenoxy) is 1. The number of methoxy groups -OCH3 is 1. The zero-order valence-electron chi connectivity index (χ0n) is 12.4. The number of rotatable bonds is 8. The summed E-state index contributed by atoms with van der Waals surface area (Å²) in [6, 6.07) is -1.39. The highest BCUT2D eigenvalue weighted by atomic mass is 16.5. The maximum absolute atomic E-state index is 11.7. The molecular weight excluding hydrogens is 248 g/mol. The normalized spacial score (nSPS) is 13.2.